The highest BCUT2D eigenvalue weighted by atomic mass is 16.7. The summed E-state index contributed by atoms with van der Waals surface area (Å²) in [6, 6.07) is 14.3. The lowest BCUT2D eigenvalue weighted by Crippen LogP contribution is -2.29. The standard InChI is InChI=1S/C20H19NO5/c1-24-20(23)12-16(15-5-3-2-4-6-15)21-19(22)10-8-14-7-9-17-18(11-14)26-13-25-17/h2-11,16H,12-13H2,1H3,(H,21,22)/t16-/m0/s1. The highest BCUT2D eigenvalue weighted by Gasteiger charge is 2.18. The van der Waals surface area contributed by atoms with Crippen LogP contribution >= 0.6 is 0 Å². The molecule has 0 radical (unpaired) electrons. The Balaban J connectivity index is 1.68. The molecule has 26 heavy (non-hydrogen) atoms. The minimum atomic E-state index is -0.461. The summed E-state index contributed by atoms with van der Waals surface area (Å²) in [6.45, 7) is 0.204. The molecule has 1 amide bonds. The Bertz CT molecular complexity index is 816. The molecule has 0 aromatic heterocycles. The van der Waals surface area contributed by atoms with E-state index in [2.05, 4.69) is 5.32 Å². The number of hydrogen-bond donors (Lipinski definition) is 1. The maximum atomic E-state index is 12.3. The molecule has 6 heteroatoms. The maximum Gasteiger partial charge on any atom is 0.307 e. The number of nitrogens with one attached hydrogen (secondary N) is 1. The number of carbonyl (C=O) groups excluding carboxylic acids is 2. The molecule has 0 unspecified atom stereocenters. The third kappa shape index (κ3) is 4.42. The number of benzene rings is 2. The molecule has 0 aliphatic carbocycles. The first kappa shape index (κ1) is 17.5. The van der Waals surface area contributed by atoms with E-state index in [0.717, 1.165) is 11.1 Å². The Labute approximate surface area is 151 Å². The number of carbonyl (C=O) groups is 2. The number of esters is 1. The molecule has 1 aliphatic heterocycles. The van der Waals surface area contributed by atoms with Gasteiger partial charge in [-0.05, 0) is 29.3 Å². The average Bonchev–Trinajstić information content (AvgIpc) is 3.14. The molecule has 0 spiro atoms. The van der Waals surface area contributed by atoms with Gasteiger partial charge in [0, 0.05) is 6.08 Å². The highest BCUT2D eigenvalue weighted by molar-refractivity contribution is 5.92. The average molecular weight is 353 g/mol. The van der Waals surface area contributed by atoms with Gasteiger partial charge in [0.05, 0.1) is 19.6 Å². The predicted molar refractivity (Wildman–Crippen MR) is 95.6 cm³/mol. The van der Waals surface area contributed by atoms with Crippen LogP contribution in [0.2, 0.25) is 0 Å². The van der Waals surface area contributed by atoms with E-state index in [1.165, 1.54) is 13.2 Å². The number of rotatable bonds is 6. The summed E-state index contributed by atoms with van der Waals surface area (Å²) in [7, 11) is 1.33. The van der Waals surface area contributed by atoms with Crippen LogP contribution in [-0.4, -0.2) is 25.8 Å². The van der Waals surface area contributed by atoms with Gasteiger partial charge in [0.1, 0.15) is 0 Å². The molecule has 1 heterocycles. The lowest BCUT2D eigenvalue weighted by atomic mass is 10.0. The van der Waals surface area contributed by atoms with Crippen molar-refractivity contribution < 1.29 is 23.8 Å². The Morgan fingerprint density at radius 2 is 1.92 bits per heavy atom. The molecular formula is C20H19NO5. The lowest BCUT2D eigenvalue weighted by molar-refractivity contribution is -0.141. The molecule has 1 aliphatic rings. The van der Waals surface area contributed by atoms with E-state index in [0.29, 0.717) is 11.5 Å². The molecule has 134 valence electrons. The van der Waals surface area contributed by atoms with Crippen molar-refractivity contribution in [3.63, 3.8) is 0 Å². The number of methoxy groups -OCH3 is 1. The first-order valence-corrected chi connectivity index (χ1v) is 8.15. The second kappa shape index (κ2) is 8.20. The maximum absolute atomic E-state index is 12.3. The van der Waals surface area contributed by atoms with Crippen LogP contribution in [0.5, 0.6) is 11.5 Å². The van der Waals surface area contributed by atoms with Crippen molar-refractivity contribution in [1.29, 1.82) is 0 Å². The molecule has 3 rings (SSSR count). The van der Waals surface area contributed by atoms with Gasteiger partial charge >= 0.3 is 5.97 Å². The number of ether oxygens (including phenoxy) is 3. The van der Waals surface area contributed by atoms with Crippen molar-refractivity contribution in [3.05, 3.63) is 65.7 Å². The van der Waals surface area contributed by atoms with Gasteiger partial charge in [-0.15, -0.1) is 0 Å². The van der Waals surface area contributed by atoms with Gasteiger partial charge in [-0.2, -0.15) is 0 Å². The Morgan fingerprint density at radius 3 is 2.69 bits per heavy atom. The van der Waals surface area contributed by atoms with Crippen LogP contribution in [0.3, 0.4) is 0 Å². The van der Waals surface area contributed by atoms with E-state index < -0.39 is 6.04 Å². The van der Waals surface area contributed by atoms with E-state index in [9.17, 15) is 9.59 Å². The molecule has 1 N–H and O–H groups in total. The summed E-state index contributed by atoms with van der Waals surface area (Å²) in [4.78, 5) is 23.9. The Hall–Kier alpha value is -3.28. The molecule has 1 atom stereocenters. The Morgan fingerprint density at radius 1 is 1.15 bits per heavy atom. The zero-order valence-corrected chi connectivity index (χ0v) is 14.3. The molecule has 2 aromatic rings. The van der Waals surface area contributed by atoms with Crippen LogP contribution in [0.4, 0.5) is 0 Å². The lowest BCUT2D eigenvalue weighted by Gasteiger charge is -2.17. The van der Waals surface area contributed by atoms with Crippen molar-refractivity contribution in [3.8, 4) is 11.5 Å². The van der Waals surface area contributed by atoms with Gasteiger partial charge in [0.15, 0.2) is 11.5 Å². The van der Waals surface area contributed by atoms with Gasteiger partial charge < -0.3 is 19.5 Å². The summed E-state index contributed by atoms with van der Waals surface area (Å²) in [5.74, 6) is 0.647. The van der Waals surface area contributed by atoms with Crippen LogP contribution in [0.1, 0.15) is 23.6 Å². The van der Waals surface area contributed by atoms with Crippen molar-refractivity contribution in [2.75, 3.05) is 13.9 Å². The van der Waals surface area contributed by atoms with Crippen LogP contribution in [0.25, 0.3) is 6.08 Å². The zero-order chi connectivity index (χ0) is 18.4. The molecular weight excluding hydrogens is 334 g/mol. The third-order valence-electron chi connectivity index (χ3n) is 3.94. The molecule has 6 nitrogen and oxygen atoms in total. The molecule has 0 fully saturated rings. The molecule has 0 saturated heterocycles. The molecule has 2 aromatic carbocycles. The highest BCUT2D eigenvalue weighted by Crippen LogP contribution is 2.32. The SMILES string of the molecule is COC(=O)C[C@H](NC(=O)C=Cc1ccc2c(c1)OCO2)c1ccccc1. The normalized spacial score (nSPS) is 13.4. The summed E-state index contributed by atoms with van der Waals surface area (Å²) in [5.41, 5.74) is 1.65. The smallest absolute Gasteiger partial charge is 0.307 e. The van der Waals surface area contributed by atoms with Gasteiger partial charge in [0.25, 0.3) is 0 Å². The van der Waals surface area contributed by atoms with Crippen LogP contribution in [0.15, 0.2) is 54.6 Å². The summed E-state index contributed by atoms with van der Waals surface area (Å²) in [5, 5.41) is 2.84. The summed E-state index contributed by atoms with van der Waals surface area (Å²) < 4.78 is 15.3. The van der Waals surface area contributed by atoms with Gasteiger partial charge in [-0.3, -0.25) is 9.59 Å². The van der Waals surface area contributed by atoms with Gasteiger partial charge in [-0.25, -0.2) is 0 Å². The quantitative estimate of drug-likeness (QED) is 0.638. The molecule has 0 saturated carbocycles. The zero-order valence-electron chi connectivity index (χ0n) is 14.3. The van der Waals surface area contributed by atoms with Crippen molar-refractivity contribution in [2.45, 2.75) is 12.5 Å². The fourth-order valence-corrected chi connectivity index (χ4v) is 2.60. The monoisotopic (exact) mass is 353 g/mol. The van der Waals surface area contributed by atoms with Crippen molar-refractivity contribution in [2.24, 2.45) is 0 Å². The van der Waals surface area contributed by atoms with E-state index in [-0.39, 0.29) is 25.1 Å². The summed E-state index contributed by atoms with van der Waals surface area (Å²) >= 11 is 0. The van der Waals surface area contributed by atoms with Crippen LogP contribution in [0, 0.1) is 0 Å². The summed E-state index contributed by atoms with van der Waals surface area (Å²) in [6.07, 6.45) is 3.16. The van der Waals surface area contributed by atoms with E-state index >= 15 is 0 Å². The van der Waals surface area contributed by atoms with Gasteiger partial charge in [-0.1, -0.05) is 36.4 Å². The van der Waals surface area contributed by atoms with Crippen molar-refractivity contribution in [1.82, 2.24) is 5.32 Å². The van der Waals surface area contributed by atoms with E-state index in [4.69, 9.17) is 14.2 Å². The second-order valence-corrected chi connectivity index (χ2v) is 5.70. The van der Waals surface area contributed by atoms with E-state index in [1.54, 1.807) is 18.2 Å². The van der Waals surface area contributed by atoms with Crippen LogP contribution in [-0.2, 0) is 14.3 Å². The number of hydrogen-bond acceptors (Lipinski definition) is 5. The second-order valence-electron chi connectivity index (χ2n) is 5.70. The fraction of sp³-hybridized carbons (Fsp3) is 0.200. The largest absolute Gasteiger partial charge is 0.469 e. The minimum absolute atomic E-state index is 0.0596. The van der Waals surface area contributed by atoms with Crippen molar-refractivity contribution >= 4 is 18.0 Å². The number of amides is 1. The fourth-order valence-electron chi connectivity index (χ4n) is 2.60. The molecule has 0 bridgehead atoms. The van der Waals surface area contributed by atoms with Gasteiger partial charge in [0.2, 0.25) is 12.7 Å². The Kier molecular flexibility index (Phi) is 5.53. The van der Waals surface area contributed by atoms with E-state index in [1.807, 2.05) is 36.4 Å². The minimum Gasteiger partial charge on any atom is -0.469 e. The predicted octanol–water partition coefficient (Wildman–Crippen LogP) is 2.85. The topological polar surface area (TPSA) is 73.9 Å². The van der Waals surface area contributed by atoms with Crippen LogP contribution < -0.4 is 14.8 Å². The number of fused-ring (bicyclic) bond motifs is 1. The third-order valence-corrected chi connectivity index (χ3v) is 3.94. The first-order valence-electron chi connectivity index (χ1n) is 8.15. The first-order chi connectivity index (χ1) is 12.7.